The summed E-state index contributed by atoms with van der Waals surface area (Å²) >= 11 is 6.13. The molecule has 2 aromatic rings. The van der Waals surface area contributed by atoms with Crippen LogP contribution in [-0.4, -0.2) is 28.0 Å². The van der Waals surface area contributed by atoms with E-state index in [2.05, 4.69) is 14.8 Å². The standard InChI is InChI=1S/C19H24ClN3O3S/c20-16-6-2-1-5-14(16)10-12-21-11-4-3-7-19(24)15-8-9-17-18(13-15)23-27(25,26)22-17/h1-2,5-6,8-9,13,21-23,25-26H,3-4,7,10-12H2. The Kier molecular flexibility index (Phi) is 6.62. The maximum atomic E-state index is 12.3. The van der Waals surface area contributed by atoms with Crippen molar-refractivity contribution in [3.05, 3.63) is 58.6 Å². The lowest BCUT2D eigenvalue weighted by Crippen LogP contribution is -2.18. The van der Waals surface area contributed by atoms with Crippen molar-refractivity contribution < 1.29 is 13.9 Å². The van der Waals surface area contributed by atoms with Gasteiger partial charge >= 0.3 is 0 Å². The molecule has 0 saturated carbocycles. The van der Waals surface area contributed by atoms with Gasteiger partial charge in [-0.2, -0.15) is 0 Å². The zero-order valence-corrected chi connectivity index (χ0v) is 16.4. The number of halogens is 1. The molecule has 0 fully saturated rings. The molecule has 0 aliphatic carbocycles. The third-order valence-corrected chi connectivity index (χ3v) is 5.76. The highest BCUT2D eigenvalue weighted by molar-refractivity contribution is 8.26. The molecule has 6 nitrogen and oxygen atoms in total. The van der Waals surface area contributed by atoms with Gasteiger partial charge in [-0.25, -0.2) is 0 Å². The van der Waals surface area contributed by atoms with Crippen LogP contribution in [-0.2, 0) is 6.42 Å². The predicted octanol–water partition coefficient (Wildman–Crippen LogP) is 4.94. The number of Topliss-reactive ketones (excluding diaryl/α,β-unsaturated/α-hetero) is 1. The fourth-order valence-electron chi connectivity index (χ4n) is 2.95. The molecule has 0 amide bonds. The molecule has 0 unspecified atom stereocenters. The Morgan fingerprint density at radius 2 is 1.81 bits per heavy atom. The van der Waals surface area contributed by atoms with Crippen molar-refractivity contribution in [2.24, 2.45) is 0 Å². The second-order valence-corrected chi connectivity index (χ2v) is 8.40. The van der Waals surface area contributed by atoms with Gasteiger partial charge in [-0.15, -0.1) is 0 Å². The summed E-state index contributed by atoms with van der Waals surface area (Å²) < 4.78 is 24.4. The quantitative estimate of drug-likeness (QED) is 0.297. The van der Waals surface area contributed by atoms with E-state index in [0.717, 1.165) is 42.9 Å². The van der Waals surface area contributed by atoms with E-state index in [9.17, 15) is 13.9 Å². The van der Waals surface area contributed by atoms with E-state index in [0.29, 0.717) is 23.4 Å². The molecule has 146 valence electrons. The monoisotopic (exact) mass is 409 g/mol. The number of hydrogen-bond acceptors (Lipinski definition) is 6. The predicted molar refractivity (Wildman–Crippen MR) is 113 cm³/mol. The second kappa shape index (κ2) is 8.95. The molecular weight excluding hydrogens is 386 g/mol. The van der Waals surface area contributed by atoms with Gasteiger partial charge in [0.15, 0.2) is 5.78 Å². The molecule has 0 spiro atoms. The maximum absolute atomic E-state index is 12.3. The van der Waals surface area contributed by atoms with Crippen LogP contribution in [0.25, 0.3) is 0 Å². The lowest BCUT2D eigenvalue weighted by atomic mass is 10.0. The minimum atomic E-state index is -3.03. The number of benzene rings is 2. The summed E-state index contributed by atoms with van der Waals surface area (Å²) in [5.74, 6) is 0.0547. The van der Waals surface area contributed by atoms with Crippen LogP contribution in [0.15, 0.2) is 42.5 Å². The number of unbranched alkanes of at least 4 members (excludes halogenated alkanes) is 1. The summed E-state index contributed by atoms with van der Waals surface area (Å²) in [5.41, 5.74) is 2.85. The zero-order chi connectivity index (χ0) is 19.3. The van der Waals surface area contributed by atoms with Gasteiger partial charge in [0, 0.05) is 17.0 Å². The Labute approximate surface area is 165 Å². The SMILES string of the molecule is O=C(CCCCNCCc1ccccc1Cl)c1ccc2c(c1)NS(O)(O)N2. The summed E-state index contributed by atoms with van der Waals surface area (Å²) in [5, 5.41) is 4.17. The summed E-state index contributed by atoms with van der Waals surface area (Å²) in [4.78, 5) is 12.3. The number of ketones is 1. The highest BCUT2D eigenvalue weighted by atomic mass is 35.5. The van der Waals surface area contributed by atoms with Crippen molar-refractivity contribution in [1.29, 1.82) is 0 Å². The normalized spacial score (nSPS) is 15.5. The maximum Gasteiger partial charge on any atom is 0.162 e. The average molecular weight is 410 g/mol. The van der Waals surface area contributed by atoms with Crippen LogP contribution >= 0.6 is 22.6 Å². The highest BCUT2D eigenvalue weighted by Gasteiger charge is 2.23. The van der Waals surface area contributed by atoms with Crippen LogP contribution in [0.3, 0.4) is 0 Å². The molecule has 0 atom stereocenters. The van der Waals surface area contributed by atoms with Gasteiger partial charge < -0.3 is 5.32 Å². The van der Waals surface area contributed by atoms with E-state index >= 15 is 0 Å². The van der Waals surface area contributed by atoms with Gasteiger partial charge in [-0.1, -0.05) is 29.8 Å². The molecule has 1 heterocycles. The summed E-state index contributed by atoms with van der Waals surface area (Å²) in [7, 11) is -3.03. The van der Waals surface area contributed by atoms with E-state index in [1.54, 1.807) is 18.2 Å². The Balaban J connectivity index is 1.34. The van der Waals surface area contributed by atoms with Gasteiger partial charge in [0.1, 0.15) is 0 Å². The number of hydrogen-bond donors (Lipinski definition) is 5. The summed E-state index contributed by atoms with van der Waals surface area (Å²) in [6.07, 6.45) is 3.07. The Morgan fingerprint density at radius 3 is 2.63 bits per heavy atom. The molecule has 1 aliphatic heterocycles. The van der Waals surface area contributed by atoms with Crippen LogP contribution in [0.4, 0.5) is 11.4 Å². The van der Waals surface area contributed by atoms with Crippen LogP contribution in [0, 0.1) is 0 Å². The first kappa shape index (κ1) is 20.0. The largest absolute Gasteiger partial charge is 0.316 e. The molecular formula is C19H24ClN3O3S. The molecule has 8 heteroatoms. The molecule has 0 bridgehead atoms. The Bertz CT molecular complexity index is 817. The van der Waals surface area contributed by atoms with Gasteiger partial charge in [0.05, 0.1) is 11.4 Å². The smallest absolute Gasteiger partial charge is 0.162 e. The van der Waals surface area contributed by atoms with Crippen LogP contribution in [0.5, 0.6) is 0 Å². The molecule has 27 heavy (non-hydrogen) atoms. The molecule has 3 rings (SSSR count). The number of fused-ring (bicyclic) bond motifs is 1. The van der Waals surface area contributed by atoms with Crippen molar-refractivity contribution in [1.82, 2.24) is 5.32 Å². The Morgan fingerprint density at radius 1 is 1.04 bits per heavy atom. The first-order valence-corrected chi connectivity index (χ1v) is 10.8. The van der Waals surface area contributed by atoms with Gasteiger partial charge in [-0.3, -0.25) is 23.3 Å². The second-order valence-electron chi connectivity index (χ2n) is 6.49. The minimum Gasteiger partial charge on any atom is -0.316 e. The number of nitrogens with one attached hydrogen (secondary N) is 3. The lowest BCUT2D eigenvalue weighted by molar-refractivity contribution is 0.0979. The van der Waals surface area contributed by atoms with Crippen molar-refractivity contribution >= 4 is 39.7 Å². The number of anilines is 2. The van der Waals surface area contributed by atoms with E-state index < -0.39 is 11.0 Å². The zero-order valence-electron chi connectivity index (χ0n) is 14.9. The third kappa shape index (κ3) is 5.60. The van der Waals surface area contributed by atoms with Gasteiger partial charge in [0.2, 0.25) is 0 Å². The third-order valence-electron chi connectivity index (χ3n) is 4.38. The van der Waals surface area contributed by atoms with E-state index in [1.165, 1.54) is 0 Å². The first-order valence-electron chi connectivity index (χ1n) is 8.90. The highest BCUT2D eigenvalue weighted by Crippen LogP contribution is 2.49. The Hall–Kier alpha value is -1.77. The van der Waals surface area contributed by atoms with E-state index in [1.807, 2.05) is 24.3 Å². The van der Waals surface area contributed by atoms with Crippen LogP contribution < -0.4 is 14.8 Å². The lowest BCUT2D eigenvalue weighted by Gasteiger charge is -2.26. The van der Waals surface area contributed by atoms with Crippen molar-refractivity contribution in [3.63, 3.8) is 0 Å². The van der Waals surface area contributed by atoms with Gasteiger partial charge in [0.25, 0.3) is 0 Å². The fraction of sp³-hybridized carbons (Fsp3) is 0.316. The van der Waals surface area contributed by atoms with Crippen molar-refractivity contribution in [3.8, 4) is 0 Å². The molecule has 0 saturated heterocycles. The topological polar surface area (TPSA) is 93.6 Å². The number of carbonyl (C=O) groups is 1. The van der Waals surface area contributed by atoms with Crippen LogP contribution in [0.2, 0.25) is 5.02 Å². The molecule has 2 aromatic carbocycles. The van der Waals surface area contributed by atoms with E-state index in [4.69, 9.17) is 11.6 Å². The van der Waals surface area contributed by atoms with E-state index in [-0.39, 0.29) is 5.78 Å². The van der Waals surface area contributed by atoms with Crippen LogP contribution in [0.1, 0.15) is 35.2 Å². The summed E-state index contributed by atoms with van der Waals surface area (Å²) in [6.45, 7) is 1.71. The average Bonchev–Trinajstić information content (AvgIpc) is 2.95. The van der Waals surface area contributed by atoms with Crippen molar-refractivity contribution in [2.75, 3.05) is 22.5 Å². The van der Waals surface area contributed by atoms with Crippen molar-refractivity contribution in [2.45, 2.75) is 25.7 Å². The number of carbonyl (C=O) groups excluding carboxylic acids is 1. The number of rotatable bonds is 9. The fourth-order valence-corrected chi connectivity index (χ4v) is 4.19. The summed E-state index contributed by atoms with van der Waals surface area (Å²) in [6, 6.07) is 12.9. The minimum absolute atomic E-state index is 0.0547. The molecule has 5 N–H and O–H groups in total. The first-order chi connectivity index (χ1) is 12.9. The molecule has 0 aromatic heterocycles. The molecule has 1 aliphatic rings. The molecule has 0 radical (unpaired) electrons. The van der Waals surface area contributed by atoms with Gasteiger partial charge in [-0.05, 0) is 73.1 Å².